The summed E-state index contributed by atoms with van der Waals surface area (Å²) in [4.78, 5) is 0. The van der Waals surface area contributed by atoms with E-state index in [9.17, 15) is 8.78 Å². The van der Waals surface area contributed by atoms with Crippen LogP contribution in [0, 0.1) is 11.6 Å². The lowest BCUT2D eigenvalue weighted by Crippen LogP contribution is -2.31. The van der Waals surface area contributed by atoms with Gasteiger partial charge in [0.25, 0.3) is 0 Å². The zero-order chi connectivity index (χ0) is 11.4. The first-order valence-electron chi connectivity index (χ1n) is 5.93. The van der Waals surface area contributed by atoms with Crippen molar-refractivity contribution in [3.05, 3.63) is 35.4 Å². The molecule has 1 nitrogen and oxygen atoms in total. The first-order valence-corrected chi connectivity index (χ1v) is 5.93. The molecule has 0 saturated heterocycles. The van der Waals surface area contributed by atoms with E-state index in [4.69, 9.17) is 0 Å². The Balaban J connectivity index is 1.93. The number of hydrogen-bond donors (Lipinski definition) is 1. The summed E-state index contributed by atoms with van der Waals surface area (Å²) in [5.74, 6) is -0.911. The molecular weight excluding hydrogens is 208 g/mol. The highest BCUT2D eigenvalue weighted by molar-refractivity contribution is 5.19. The second-order valence-electron chi connectivity index (χ2n) is 4.42. The van der Waals surface area contributed by atoms with Gasteiger partial charge in [0.2, 0.25) is 0 Å². The Hall–Kier alpha value is -0.960. The van der Waals surface area contributed by atoms with Gasteiger partial charge in [0.15, 0.2) is 0 Å². The molecule has 0 spiro atoms. The molecule has 16 heavy (non-hydrogen) atoms. The summed E-state index contributed by atoms with van der Waals surface area (Å²) in [5.41, 5.74) is 0.160. The minimum Gasteiger partial charge on any atom is -0.310 e. The molecule has 1 fully saturated rings. The van der Waals surface area contributed by atoms with Gasteiger partial charge in [0.05, 0.1) is 0 Å². The zero-order valence-corrected chi connectivity index (χ0v) is 9.31. The fraction of sp³-hybridized carbons (Fsp3) is 0.538. The van der Waals surface area contributed by atoms with Crippen LogP contribution >= 0.6 is 0 Å². The van der Waals surface area contributed by atoms with Crippen molar-refractivity contribution in [3.63, 3.8) is 0 Å². The van der Waals surface area contributed by atoms with Crippen molar-refractivity contribution in [1.82, 2.24) is 5.32 Å². The summed E-state index contributed by atoms with van der Waals surface area (Å²) < 4.78 is 26.6. The van der Waals surface area contributed by atoms with Gasteiger partial charge in [-0.15, -0.1) is 0 Å². The van der Waals surface area contributed by atoms with Crippen LogP contribution in [0.15, 0.2) is 18.2 Å². The first-order chi connectivity index (χ1) is 7.77. The van der Waals surface area contributed by atoms with Gasteiger partial charge in [-0.25, -0.2) is 8.78 Å². The Morgan fingerprint density at radius 2 is 1.69 bits per heavy atom. The molecule has 0 aliphatic heterocycles. The van der Waals surface area contributed by atoms with E-state index in [0.717, 1.165) is 12.8 Å². The van der Waals surface area contributed by atoms with E-state index in [1.54, 1.807) is 0 Å². The van der Waals surface area contributed by atoms with Crippen molar-refractivity contribution in [3.8, 4) is 0 Å². The van der Waals surface area contributed by atoms with E-state index in [1.165, 1.54) is 37.5 Å². The molecule has 1 aliphatic carbocycles. The topological polar surface area (TPSA) is 12.0 Å². The molecule has 0 heterocycles. The monoisotopic (exact) mass is 225 g/mol. The fourth-order valence-corrected chi connectivity index (χ4v) is 2.25. The zero-order valence-electron chi connectivity index (χ0n) is 9.31. The average Bonchev–Trinajstić information content (AvgIpc) is 2.30. The highest BCUT2D eigenvalue weighted by Crippen LogP contribution is 2.19. The average molecular weight is 225 g/mol. The normalized spacial score (nSPS) is 17.6. The molecule has 0 radical (unpaired) electrons. The highest BCUT2D eigenvalue weighted by atomic mass is 19.1. The molecule has 1 aromatic rings. The second kappa shape index (κ2) is 5.39. The summed E-state index contributed by atoms with van der Waals surface area (Å²) in [6.45, 7) is 0.295. The Morgan fingerprint density at radius 3 is 2.31 bits per heavy atom. The molecule has 0 amide bonds. The van der Waals surface area contributed by atoms with Gasteiger partial charge in [0, 0.05) is 18.2 Å². The quantitative estimate of drug-likeness (QED) is 0.831. The molecule has 0 atom stereocenters. The van der Waals surface area contributed by atoms with E-state index in [-0.39, 0.29) is 5.56 Å². The van der Waals surface area contributed by atoms with E-state index < -0.39 is 11.6 Å². The Kier molecular flexibility index (Phi) is 3.88. The number of hydrogen-bond acceptors (Lipinski definition) is 1. The van der Waals surface area contributed by atoms with Crippen LogP contribution in [0.1, 0.15) is 37.7 Å². The lowest BCUT2D eigenvalue weighted by atomic mass is 9.95. The third-order valence-electron chi connectivity index (χ3n) is 3.23. The standard InChI is InChI=1S/C13H17F2N/c14-12-7-4-8-13(15)11(12)9-16-10-5-2-1-3-6-10/h4,7-8,10,16H,1-3,5-6,9H2. The molecule has 3 heteroatoms. The minimum absolute atomic E-state index is 0.160. The SMILES string of the molecule is Fc1cccc(F)c1CNC1CCCCC1. The van der Waals surface area contributed by atoms with Crippen molar-refractivity contribution >= 4 is 0 Å². The van der Waals surface area contributed by atoms with Gasteiger partial charge < -0.3 is 5.32 Å². The van der Waals surface area contributed by atoms with Crippen LogP contribution in [-0.2, 0) is 6.54 Å². The van der Waals surface area contributed by atoms with Crippen molar-refractivity contribution in [2.45, 2.75) is 44.7 Å². The maximum absolute atomic E-state index is 13.3. The predicted octanol–water partition coefficient (Wildman–Crippen LogP) is 3.39. The van der Waals surface area contributed by atoms with E-state index >= 15 is 0 Å². The third kappa shape index (κ3) is 2.79. The van der Waals surface area contributed by atoms with Crippen LogP contribution in [0.25, 0.3) is 0 Å². The number of nitrogens with one attached hydrogen (secondary N) is 1. The van der Waals surface area contributed by atoms with Crippen LogP contribution in [-0.4, -0.2) is 6.04 Å². The van der Waals surface area contributed by atoms with Crippen molar-refractivity contribution in [2.24, 2.45) is 0 Å². The number of halogens is 2. The Morgan fingerprint density at radius 1 is 1.06 bits per heavy atom. The minimum atomic E-state index is -0.455. The maximum Gasteiger partial charge on any atom is 0.130 e. The summed E-state index contributed by atoms with van der Waals surface area (Å²) in [5, 5.41) is 3.24. The number of benzene rings is 1. The lowest BCUT2D eigenvalue weighted by molar-refractivity contribution is 0.367. The summed E-state index contributed by atoms with van der Waals surface area (Å²) in [6, 6.07) is 4.43. The predicted molar refractivity (Wildman–Crippen MR) is 60.1 cm³/mol. The van der Waals surface area contributed by atoms with Crippen LogP contribution in [0.5, 0.6) is 0 Å². The van der Waals surface area contributed by atoms with Crippen LogP contribution in [0.2, 0.25) is 0 Å². The summed E-state index contributed by atoms with van der Waals surface area (Å²) in [6.07, 6.45) is 5.97. The second-order valence-corrected chi connectivity index (χ2v) is 4.42. The molecular formula is C13H17F2N. The molecule has 1 aliphatic rings. The molecule has 0 unspecified atom stereocenters. The van der Waals surface area contributed by atoms with Gasteiger partial charge >= 0.3 is 0 Å². The molecule has 2 rings (SSSR count). The molecule has 0 bridgehead atoms. The van der Waals surface area contributed by atoms with Crippen molar-refractivity contribution < 1.29 is 8.78 Å². The van der Waals surface area contributed by atoms with Crippen LogP contribution in [0.3, 0.4) is 0 Å². The first kappa shape index (κ1) is 11.5. The molecule has 1 saturated carbocycles. The molecule has 1 N–H and O–H groups in total. The van der Waals surface area contributed by atoms with Crippen LogP contribution < -0.4 is 5.32 Å². The van der Waals surface area contributed by atoms with Gasteiger partial charge in [-0.1, -0.05) is 25.3 Å². The third-order valence-corrected chi connectivity index (χ3v) is 3.23. The van der Waals surface area contributed by atoms with E-state index in [1.807, 2.05) is 0 Å². The van der Waals surface area contributed by atoms with Gasteiger partial charge in [-0.2, -0.15) is 0 Å². The summed E-state index contributed by atoms with van der Waals surface area (Å²) in [7, 11) is 0. The summed E-state index contributed by atoms with van der Waals surface area (Å²) >= 11 is 0. The maximum atomic E-state index is 13.3. The smallest absolute Gasteiger partial charge is 0.130 e. The van der Waals surface area contributed by atoms with Crippen molar-refractivity contribution in [1.29, 1.82) is 0 Å². The number of rotatable bonds is 3. The lowest BCUT2D eigenvalue weighted by Gasteiger charge is -2.23. The van der Waals surface area contributed by atoms with Crippen molar-refractivity contribution in [2.75, 3.05) is 0 Å². The Bertz CT molecular complexity index is 326. The van der Waals surface area contributed by atoms with Gasteiger partial charge in [0.1, 0.15) is 11.6 Å². The van der Waals surface area contributed by atoms with E-state index in [0.29, 0.717) is 12.6 Å². The van der Waals surface area contributed by atoms with Gasteiger partial charge in [-0.3, -0.25) is 0 Å². The van der Waals surface area contributed by atoms with E-state index in [2.05, 4.69) is 5.32 Å². The van der Waals surface area contributed by atoms with Gasteiger partial charge in [-0.05, 0) is 25.0 Å². The fourth-order valence-electron chi connectivity index (χ4n) is 2.25. The Labute approximate surface area is 94.9 Å². The molecule has 1 aromatic carbocycles. The molecule has 88 valence electrons. The highest BCUT2D eigenvalue weighted by Gasteiger charge is 2.14. The van der Waals surface area contributed by atoms with Crippen LogP contribution in [0.4, 0.5) is 8.78 Å². The largest absolute Gasteiger partial charge is 0.310 e. The molecule has 0 aromatic heterocycles.